The maximum Gasteiger partial charge on any atom is 0.114 e. The van der Waals surface area contributed by atoms with Gasteiger partial charge in [-0.25, -0.2) is 4.98 Å². The van der Waals surface area contributed by atoms with Crippen LogP contribution in [0.1, 0.15) is 5.69 Å². The van der Waals surface area contributed by atoms with E-state index in [-0.39, 0.29) is 6.61 Å². The zero-order chi connectivity index (χ0) is 8.55. The quantitative estimate of drug-likeness (QED) is 0.679. The normalized spacial score (nSPS) is 10.8. The van der Waals surface area contributed by atoms with Crippen molar-refractivity contribution in [3.05, 3.63) is 35.4 Å². The van der Waals surface area contributed by atoms with Crippen molar-refractivity contribution in [3.63, 3.8) is 0 Å². The summed E-state index contributed by atoms with van der Waals surface area (Å²) in [6.07, 6.45) is 1.60. The van der Waals surface area contributed by atoms with Gasteiger partial charge in [0.2, 0.25) is 0 Å². The van der Waals surface area contributed by atoms with Gasteiger partial charge in [-0.1, -0.05) is 17.7 Å². The summed E-state index contributed by atoms with van der Waals surface area (Å²) in [7, 11) is 0. The van der Waals surface area contributed by atoms with Crippen molar-refractivity contribution >= 4 is 17.1 Å². The Labute approximate surface area is 74.2 Å². The Kier molecular flexibility index (Phi) is 1.75. The first-order valence-corrected chi connectivity index (χ1v) is 3.92. The molecular formula is C8H7ClN2O. The Bertz CT molecular complexity index is 410. The number of halogens is 1. The van der Waals surface area contributed by atoms with Gasteiger partial charge in [-0.15, -0.1) is 0 Å². The SMILES string of the molecule is OCc1ncn2c(Cl)cccc12. The molecule has 1 N–H and O–H groups in total. The monoisotopic (exact) mass is 182 g/mol. The van der Waals surface area contributed by atoms with E-state index >= 15 is 0 Å². The fourth-order valence-electron chi connectivity index (χ4n) is 1.16. The van der Waals surface area contributed by atoms with Crippen molar-refractivity contribution in [2.45, 2.75) is 6.61 Å². The van der Waals surface area contributed by atoms with Crippen LogP contribution >= 0.6 is 11.6 Å². The summed E-state index contributed by atoms with van der Waals surface area (Å²) in [5.74, 6) is 0. The first-order chi connectivity index (χ1) is 5.83. The van der Waals surface area contributed by atoms with Gasteiger partial charge < -0.3 is 5.11 Å². The highest BCUT2D eigenvalue weighted by Gasteiger charge is 2.03. The van der Waals surface area contributed by atoms with Gasteiger partial charge in [-0.3, -0.25) is 4.40 Å². The molecule has 4 heteroatoms. The molecule has 0 aromatic carbocycles. The molecule has 62 valence electrons. The molecule has 0 aliphatic carbocycles. The lowest BCUT2D eigenvalue weighted by molar-refractivity contribution is 0.279. The number of fused-ring (bicyclic) bond motifs is 1. The minimum atomic E-state index is -0.0587. The number of imidazole rings is 1. The number of aliphatic hydroxyl groups is 1. The van der Waals surface area contributed by atoms with Crippen molar-refractivity contribution in [2.24, 2.45) is 0 Å². The van der Waals surface area contributed by atoms with E-state index in [4.69, 9.17) is 16.7 Å². The van der Waals surface area contributed by atoms with Crippen LogP contribution in [-0.4, -0.2) is 14.5 Å². The van der Waals surface area contributed by atoms with Gasteiger partial charge in [0.25, 0.3) is 0 Å². The molecule has 0 atom stereocenters. The minimum absolute atomic E-state index is 0.0587. The second kappa shape index (κ2) is 2.77. The molecule has 2 aromatic rings. The predicted molar refractivity (Wildman–Crippen MR) is 46.1 cm³/mol. The number of rotatable bonds is 1. The van der Waals surface area contributed by atoms with Crippen molar-refractivity contribution in [1.82, 2.24) is 9.38 Å². The fourth-order valence-corrected chi connectivity index (χ4v) is 1.37. The Morgan fingerprint density at radius 2 is 2.33 bits per heavy atom. The van der Waals surface area contributed by atoms with E-state index in [1.54, 1.807) is 16.8 Å². The first kappa shape index (κ1) is 7.58. The first-order valence-electron chi connectivity index (χ1n) is 3.54. The molecule has 0 amide bonds. The van der Waals surface area contributed by atoms with Crippen LogP contribution in [0, 0.1) is 0 Å². The second-order valence-electron chi connectivity index (χ2n) is 2.45. The lowest BCUT2D eigenvalue weighted by atomic mass is 10.3. The average molecular weight is 183 g/mol. The number of aliphatic hydroxyl groups excluding tert-OH is 1. The Balaban J connectivity index is 2.80. The summed E-state index contributed by atoms with van der Waals surface area (Å²) < 4.78 is 1.73. The highest BCUT2D eigenvalue weighted by Crippen LogP contribution is 2.15. The van der Waals surface area contributed by atoms with Gasteiger partial charge in [-0.05, 0) is 12.1 Å². The third-order valence-electron chi connectivity index (χ3n) is 1.75. The third kappa shape index (κ3) is 0.983. The van der Waals surface area contributed by atoms with Crippen molar-refractivity contribution < 1.29 is 5.11 Å². The van der Waals surface area contributed by atoms with Gasteiger partial charge >= 0.3 is 0 Å². The molecule has 2 heterocycles. The summed E-state index contributed by atoms with van der Waals surface area (Å²) in [4.78, 5) is 4.00. The summed E-state index contributed by atoms with van der Waals surface area (Å²) in [5.41, 5.74) is 1.50. The Morgan fingerprint density at radius 1 is 1.50 bits per heavy atom. The molecule has 0 fully saturated rings. The standard InChI is InChI=1S/C8H7ClN2O/c9-8-3-1-2-7-6(4-12)10-5-11(7)8/h1-3,5,12H,4H2. The molecule has 0 saturated heterocycles. The van der Waals surface area contributed by atoms with Crippen LogP contribution in [0.15, 0.2) is 24.5 Å². The number of pyridine rings is 1. The number of hydrogen-bond acceptors (Lipinski definition) is 2. The van der Waals surface area contributed by atoms with Crippen LogP contribution in [0.4, 0.5) is 0 Å². The van der Waals surface area contributed by atoms with Gasteiger partial charge in [0, 0.05) is 0 Å². The molecule has 2 aromatic heterocycles. The molecule has 12 heavy (non-hydrogen) atoms. The number of aromatic nitrogens is 2. The lowest BCUT2D eigenvalue weighted by Gasteiger charge is -1.96. The van der Waals surface area contributed by atoms with E-state index in [1.165, 1.54) is 0 Å². The third-order valence-corrected chi connectivity index (χ3v) is 2.06. The van der Waals surface area contributed by atoms with E-state index in [0.29, 0.717) is 10.8 Å². The topological polar surface area (TPSA) is 37.5 Å². The summed E-state index contributed by atoms with van der Waals surface area (Å²) in [6.45, 7) is -0.0587. The summed E-state index contributed by atoms with van der Waals surface area (Å²) in [5, 5.41) is 9.49. The van der Waals surface area contributed by atoms with Crippen molar-refractivity contribution in [1.29, 1.82) is 0 Å². The molecule has 0 spiro atoms. The van der Waals surface area contributed by atoms with Gasteiger partial charge in [-0.2, -0.15) is 0 Å². The zero-order valence-electron chi connectivity index (χ0n) is 6.24. The Morgan fingerprint density at radius 3 is 3.08 bits per heavy atom. The molecule has 0 bridgehead atoms. The molecule has 2 rings (SSSR count). The van der Waals surface area contributed by atoms with Crippen LogP contribution in [-0.2, 0) is 6.61 Å². The molecule has 0 aliphatic heterocycles. The lowest BCUT2D eigenvalue weighted by Crippen LogP contribution is -1.86. The van der Waals surface area contributed by atoms with E-state index < -0.39 is 0 Å². The molecule has 0 aliphatic rings. The van der Waals surface area contributed by atoms with Crippen molar-refractivity contribution in [2.75, 3.05) is 0 Å². The maximum absolute atomic E-state index is 8.90. The van der Waals surface area contributed by atoms with Crippen LogP contribution in [0.5, 0.6) is 0 Å². The number of hydrogen-bond donors (Lipinski definition) is 1. The average Bonchev–Trinajstić information content (AvgIpc) is 2.49. The second-order valence-corrected chi connectivity index (χ2v) is 2.84. The van der Waals surface area contributed by atoms with E-state index in [0.717, 1.165) is 5.52 Å². The highest BCUT2D eigenvalue weighted by atomic mass is 35.5. The van der Waals surface area contributed by atoms with Crippen LogP contribution in [0.25, 0.3) is 5.52 Å². The number of nitrogens with zero attached hydrogens (tertiary/aromatic N) is 2. The summed E-state index contributed by atoms with van der Waals surface area (Å²) in [6, 6.07) is 5.47. The van der Waals surface area contributed by atoms with Crippen LogP contribution in [0.3, 0.4) is 0 Å². The fraction of sp³-hybridized carbons (Fsp3) is 0.125. The molecular weight excluding hydrogens is 176 g/mol. The van der Waals surface area contributed by atoms with E-state index in [9.17, 15) is 0 Å². The van der Waals surface area contributed by atoms with Crippen LogP contribution in [0.2, 0.25) is 5.15 Å². The zero-order valence-corrected chi connectivity index (χ0v) is 6.99. The van der Waals surface area contributed by atoms with E-state index in [2.05, 4.69) is 4.98 Å². The van der Waals surface area contributed by atoms with Gasteiger partial charge in [0.05, 0.1) is 17.8 Å². The van der Waals surface area contributed by atoms with Gasteiger partial charge in [0.1, 0.15) is 11.5 Å². The van der Waals surface area contributed by atoms with Crippen LogP contribution < -0.4 is 0 Å². The smallest absolute Gasteiger partial charge is 0.114 e. The summed E-state index contributed by atoms with van der Waals surface area (Å²) >= 11 is 5.87. The minimum Gasteiger partial charge on any atom is -0.390 e. The highest BCUT2D eigenvalue weighted by molar-refractivity contribution is 6.29. The van der Waals surface area contributed by atoms with E-state index in [1.807, 2.05) is 12.1 Å². The largest absolute Gasteiger partial charge is 0.390 e. The maximum atomic E-state index is 8.90. The molecule has 0 saturated carbocycles. The molecule has 0 radical (unpaired) electrons. The molecule has 3 nitrogen and oxygen atoms in total. The van der Waals surface area contributed by atoms with Gasteiger partial charge in [0.15, 0.2) is 0 Å². The van der Waals surface area contributed by atoms with Crippen molar-refractivity contribution in [3.8, 4) is 0 Å². The predicted octanol–water partition coefficient (Wildman–Crippen LogP) is 1.48. The molecule has 0 unspecified atom stereocenters. The Hall–Kier alpha value is -1.06.